The Labute approximate surface area is 308 Å². The lowest BCUT2D eigenvalue weighted by molar-refractivity contribution is 0.262. The van der Waals surface area contributed by atoms with Gasteiger partial charge in [-0.25, -0.2) is 0 Å². The number of rotatable bonds is 11. The fourth-order valence-corrected chi connectivity index (χ4v) is 8.49. The van der Waals surface area contributed by atoms with Crippen molar-refractivity contribution in [3.8, 4) is 50.6 Å². The van der Waals surface area contributed by atoms with Gasteiger partial charge in [-0.15, -0.1) is 0 Å². The first-order valence-corrected chi connectivity index (χ1v) is 18.7. The minimum absolute atomic E-state index is 0.140. The molecule has 6 aromatic rings. The van der Waals surface area contributed by atoms with Crippen LogP contribution in [-0.2, 0) is 26.0 Å². The summed E-state index contributed by atoms with van der Waals surface area (Å²) in [5.74, 6) is 2.60. The summed E-state index contributed by atoms with van der Waals surface area (Å²) in [6.45, 7) is 3.83. The minimum atomic E-state index is -0.645. The smallest absolute Gasteiger partial charge is 0.127 e. The third-order valence-corrected chi connectivity index (χ3v) is 11.3. The molecule has 262 valence electrons. The monoisotopic (exact) mass is 698 g/mol. The molecular formula is C47H38O6. The van der Waals surface area contributed by atoms with E-state index in [1.165, 1.54) is 44.5 Å². The fraction of sp³-hybridized carbons (Fsp3) is 0.234. The summed E-state index contributed by atoms with van der Waals surface area (Å²) >= 11 is 0. The normalized spacial score (nSPS) is 22.3. The number of hydrogen-bond donors (Lipinski definition) is 0. The molecule has 3 unspecified atom stereocenters. The van der Waals surface area contributed by atoms with Gasteiger partial charge in [-0.1, -0.05) is 91.0 Å². The molecule has 6 heteroatoms. The average molecular weight is 699 g/mol. The molecule has 2 aliphatic carbocycles. The molecule has 0 aromatic heterocycles. The summed E-state index contributed by atoms with van der Waals surface area (Å²) in [5, 5.41) is 0. The van der Waals surface area contributed by atoms with E-state index in [0.29, 0.717) is 19.8 Å². The zero-order valence-electron chi connectivity index (χ0n) is 29.3. The van der Waals surface area contributed by atoms with Crippen LogP contribution in [0.25, 0.3) is 33.4 Å². The Bertz CT molecular complexity index is 2250. The molecule has 5 aliphatic rings. The van der Waals surface area contributed by atoms with Gasteiger partial charge in [0.05, 0.1) is 25.2 Å². The fourth-order valence-electron chi connectivity index (χ4n) is 8.49. The number of fused-ring (bicyclic) bond motifs is 9. The van der Waals surface area contributed by atoms with Crippen molar-refractivity contribution in [1.82, 2.24) is 0 Å². The van der Waals surface area contributed by atoms with Crippen LogP contribution >= 0.6 is 0 Å². The Hall–Kier alpha value is -5.40. The van der Waals surface area contributed by atoms with Gasteiger partial charge in [0.25, 0.3) is 0 Å². The van der Waals surface area contributed by atoms with E-state index in [1.54, 1.807) is 0 Å². The van der Waals surface area contributed by atoms with E-state index in [0.717, 1.165) is 65.7 Å². The van der Waals surface area contributed by atoms with Gasteiger partial charge >= 0.3 is 0 Å². The highest BCUT2D eigenvalue weighted by molar-refractivity contribution is 5.90. The molecule has 3 heterocycles. The van der Waals surface area contributed by atoms with Gasteiger partial charge in [-0.05, 0) is 98.5 Å². The first-order chi connectivity index (χ1) is 26.2. The molecule has 11 rings (SSSR count). The largest absolute Gasteiger partial charge is 0.491 e. The first-order valence-electron chi connectivity index (χ1n) is 18.7. The Kier molecular flexibility index (Phi) is 7.26. The predicted molar refractivity (Wildman–Crippen MR) is 203 cm³/mol. The van der Waals surface area contributed by atoms with Crippen LogP contribution in [0.3, 0.4) is 0 Å². The third kappa shape index (κ3) is 5.43. The van der Waals surface area contributed by atoms with Gasteiger partial charge in [0.15, 0.2) is 0 Å². The van der Waals surface area contributed by atoms with Gasteiger partial charge < -0.3 is 28.4 Å². The SMILES string of the molecule is c1ccc(-c2cc3c(cc2OCC2CO2)Cc2cc(OCC4CO4)c(-c4ccccc4)cc2C32c3ccccc3-c3ccc(OCC4CO4)cc32)cc1. The maximum Gasteiger partial charge on any atom is 0.127 e. The number of benzene rings is 6. The quantitative estimate of drug-likeness (QED) is 0.126. The highest BCUT2D eigenvalue weighted by Gasteiger charge is 2.51. The summed E-state index contributed by atoms with van der Waals surface area (Å²) in [7, 11) is 0. The van der Waals surface area contributed by atoms with Crippen LogP contribution < -0.4 is 14.2 Å². The molecule has 0 saturated carbocycles. The molecule has 1 spiro atoms. The average Bonchev–Trinajstić information content (AvgIpc) is 4.07. The van der Waals surface area contributed by atoms with Crippen molar-refractivity contribution in [2.45, 2.75) is 30.1 Å². The maximum absolute atomic E-state index is 6.62. The molecule has 0 amide bonds. The molecule has 3 atom stereocenters. The molecule has 6 nitrogen and oxygen atoms in total. The first kappa shape index (κ1) is 31.2. The van der Waals surface area contributed by atoms with E-state index in [-0.39, 0.29) is 18.3 Å². The molecule has 0 bridgehead atoms. The Morgan fingerprint density at radius 3 is 1.49 bits per heavy atom. The van der Waals surface area contributed by atoms with Crippen LogP contribution in [0.15, 0.2) is 127 Å². The lowest BCUT2D eigenvalue weighted by atomic mass is 9.60. The summed E-state index contributed by atoms with van der Waals surface area (Å²) in [4.78, 5) is 0. The third-order valence-electron chi connectivity index (χ3n) is 11.3. The van der Waals surface area contributed by atoms with E-state index in [2.05, 4.69) is 127 Å². The van der Waals surface area contributed by atoms with Crippen LogP contribution in [0, 0.1) is 0 Å². The van der Waals surface area contributed by atoms with Crippen molar-refractivity contribution in [2.75, 3.05) is 39.6 Å². The van der Waals surface area contributed by atoms with E-state index in [9.17, 15) is 0 Å². The zero-order chi connectivity index (χ0) is 34.9. The van der Waals surface area contributed by atoms with Crippen LogP contribution in [0.5, 0.6) is 17.2 Å². The molecule has 0 radical (unpaired) electrons. The van der Waals surface area contributed by atoms with Gasteiger partial charge in [0, 0.05) is 11.1 Å². The summed E-state index contributed by atoms with van der Waals surface area (Å²) in [6.07, 6.45) is 1.17. The summed E-state index contributed by atoms with van der Waals surface area (Å²) in [5.41, 5.74) is 13.6. The molecule has 3 saturated heterocycles. The second-order valence-corrected chi connectivity index (χ2v) is 14.7. The van der Waals surface area contributed by atoms with E-state index in [4.69, 9.17) is 28.4 Å². The van der Waals surface area contributed by atoms with Gasteiger partial charge in [-0.2, -0.15) is 0 Å². The minimum Gasteiger partial charge on any atom is -0.491 e. The molecule has 3 aliphatic heterocycles. The highest BCUT2D eigenvalue weighted by atomic mass is 16.6. The lowest BCUT2D eigenvalue weighted by Crippen LogP contribution is -2.34. The van der Waals surface area contributed by atoms with E-state index in [1.807, 2.05) is 0 Å². The van der Waals surface area contributed by atoms with Crippen LogP contribution in [-0.4, -0.2) is 58.0 Å². The zero-order valence-corrected chi connectivity index (χ0v) is 29.3. The van der Waals surface area contributed by atoms with Crippen molar-refractivity contribution >= 4 is 0 Å². The Balaban J connectivity index is 1.20. The van der Waals surface area contributed by atoms with Crippen molar-refractivity contribution < 1.29 is 28.4 Å². The van der Waals surface area contributed by atoms with Gasteiger partial charge in [0.1, 0.15) is 55.4 Å². The lowest BCUT2D eigenvalue weighted by Gasteiger charge is -2.41. The molecule has 3 fully saturated rings. The Morgan fingerprint density at radius 2 is 0.943 bits per heavy atom. The van der Waals surface area contributed by atoms with Crippen molar-refractivity contribution in [2.24, 2.45) is 0 Å². The number of hydrogen-bond acceptors (Lipinski definition) is 6. The second-order valence-electron chi connectivity index (χ2n) is 14.7. The second kappa shape index (κ2) is 12.3. The van der Waals surface area contributed by atoms with Gasteiger partial charge in [-0.3, -0.25) is 0 Å². The number of epoxide rings is 3. The van der Waals surface area contributed by atoms with Crippen molar-refractivity contribution in [1.29, 1.82) is 0 Å². The summed E-state index contributed by atoms with van der Waals surface area (Å²) in [6, 6.07) is 46.2. The summed E-state index contributed by atoms with van der Waals surface area (Å²) < 4.78 is 36.3. The van der Waals surface area contributed by atoms with Crippen LogP contribution in [0.4, 0.5) is 0 Å². The standard InChI is InChI=1S/C47H38O6/c1-3-9-29(10-4-1)39-21-42-31(18-45(39)52-27-35-25-50-35)17-32-19-46(53-28-36-26-51-36)40(30-11-5-2-6-12-30)22-43(32)47(42)41-14-8-7-13-37(41)38-16-15-33(20-44(38)47)48-23-34-24-49-34/h1-16,18-22,34-36H,17,23-28H2. The van der Waals surface area contributed by atoms with Crippen molar-refractivity contribution in [3.63, 3.8) is 0 Å². The maximum atomic E-state index is 6.62. The van der Waals surface area contributed by atoms with Crippen LogP contribution in [0.1, 0.15) is 33.4 Å². The molecule has 0 N–H and O–H groups in total. The Morgan fingerprint density at radius 1 is 0.453 bits per heavy atom. The molecule has 6 aromatic carbocycles. The van der Waals surface area contributed by atoms with Crippen LogP contribution in [0.2, 0.25) is 0 Å². The van der Waals surface area contributed by atoms with E-state index < -0.39 is 5.41 Å². The molecular weight excluding hydrogens is 661 g/mol. The van der Waals surface area contributed by atoms with E-state index >= 15 is 0 Å². The topological polar surface area (TPSA) is 65.3 Å². The molecule has 53 heavy (non-hydrogen) atoms. The van der Waals surface area contributed by atoms with Gasteiger partial charge in [0.2, 0.25) is 0 Å². The predicted octanol–water partition coefficient (Wildman–Crippen LogP) is 8.62. The highest BCUT2D eigenvalue weighted by Crippen LogP contribution is 2.61. The van der Waals surface area contributed by atoms with Crippen molar-refractivity contribution in [3.05, 3.63) is 161 Å². The number of ether oxygens (including phenoxy) is 6.